The van der Waals surface area contributed by atoms with E-state index in [1.165, 1.54) is 22.3 Å². The molecule has 2 N–H and O–H groups in total. The molecular weight excluding hydrogens is 364 g/mol. The summed E-state index contributed by atoms with van der Waals surface area (Å²) in [4.78, 5) is 0. The molecule has 2 nitrogen and oxygen atoms in total. The molecule has 2 heteroatoms. The predicted octanol–water partition coefficient (Wildman–Crippen LogP) is 6.05. The van der Waals surface area contributed by atoms with E-state index in [4.69, 9.17) is 0 Å². The van der Waals surface area contributed by atoms with Gasteiger partial charge in [-0.05, 0) is 22.3 Å². The fourth-order valence-corrected chi connectivity index (χ4v) is 3.82. The van der Waals surface area contributed by atoms with Crippen molar-refractivity contribution in [3.63, 3.8) is 0 Å². The van der Waals surface area contributed by atoms with Gasteiger partial charge in [-0.1, -0.05) is 121 Å². The monoisotopic (exact) mass is 392 g/mol. The molecule has 0 saturated carbocycles. The number of hydrogen-bond donors (Lipinski definition) is 2. The smallest absolute Gasteiger partial charge is 0.0521 e. The van der Waals surface area contributed by atoms with Crippen LogP contribution in [0, 0.1) is 0 Å². The van der Waals surface area contributed by atoms with E-state index >= 15 is 0 Å². The molecule has 0 fully saturated rings. The van der Waals surface area contributed by atoms with Crippen LogP contribution in [0.25, 0.3) is 0 Å². The van der Waals surface area contributed by atoms with Crippen LogP contribution in [0.5, 0.6) is 0 Å². The molecule has 0 saturated heterocycles. The molecule has 4 aromatic rings. The lowest BCUT2D eigenvalue weighted by atomic mass is 9.92. The number of hydrogen-bond acceptors (Lipinski definition) is 2. The highest BCUT2D eigenvalue weighted by atomic mass is 15.0. The average Bonchev–Trinajstić information content (AvgIpc) is 2.83. The predicted molar refractivity (Wildman–Crippen MR) is 125 cm³/mol. The van der Waals surface area contributed by atoms with Crippen LogP contribution in [0.3, 0.4) is 0 Å². The summed E-state index contributed by atoms with van der Waals surface area (Å²) in [5.41, 5.74) is 5.13. The fraction of sp³-hybridized carbons (Fsp3) is 0.143. The van der Waals surface area contributed by atoms with E-state index in [1.54, 1.807) is 0 Å². The summed E-state index contributed by atoms with van der Waals surface area (Å²) in [6, 6.07) is 42.9. The van der Waals surface area contributed by atoms with E-state index in [-0.39, 0.29) is 12.1 Å². The molecule has 0 aliphatic carbocycles. The number of benzene rings is 4. The van der Waals surface area contributed by atoms with E-state index in [2.05, 4.69) is 132 Å². The Labute approximate surface area is 179 Å². The summed E-state index contributed by atoms with van der Waals surface area (Å²) in [5.74, 6) is 0. The van der Waals surface area contributed by atoms with Crippen LogP contribution in [0.2, 0.25) is 0 Å². The van der Waals surface area contributed by atoms with Gasteiger partial charge in [0.2, 0.25) is 0 Å². The summed E-state index contributed by atoms with van der Waals surface area (Å²) in [7, 11) is 0. The molecule has 0 spiro atoms. The minimum atomic E-state index is 0.137. The van der Waals surface area contributed by atoms with E-state index in [0.717, 1.165) is 13.1 Å². The second-order valence-corrected chi connectivity index (χ2v) is 7.51. The van der Waals surface area contributed by atoms with Crippen LogP contribution in [0.4, 0.5) is 0 Å². The zero-order chi connectivity index (χ0) is 20.4. The first-order chi connectivity index (χ1) is 14.9. The van der Waals surface area contributed by atoms with Gasteiger partial charge in [0.25, 0.3) is 0 Å². The second kappa shape index (κ2) is 10.5. The van der Waals surface area contributed by atoms with Crippen molar-refractivity contribution in [1.82, 2.24) is 10.6 Å². The molecule has 0 amide bonds. The lowest BCUT2D eigenvalue weighted by molar-refractivity contribution is 0.381. The lowest BCUT2D eigenvalue weighted by Crippen LogP contribution is -2.35. The summed E-state index contributed by atoms with van der Waals surface area (Å²) in [6.45, 7) is 1.63. The van der Waals surface area contributed by atoms with E-state index in [1.807, 2.05) is 0 Å². The molecule has 4 rings (SSSR count). The van der Waals surface area contributed by atoms with Crippen molar-refractivity contribution in [3.05, 3.63) is 144 Å². The van der Waals surface area contributed by atoms with Crippen molar-refractivity contribution in [2.75, 3.05) is 0 Å². The lowest BCUT2D eigenvalue weighted by Gasteiger charge is -2.30. The van der Waals surface area contributed by atoms with Crippen LogP contribution >= 0.6 is 0 Å². The van der Waals surface area contributed by atoms with Crippen molar-refractivity contribution in [1.29, 1.82) is 0 Å². The largest absolute Gasteiger partial charge is 0.304 e. The summed E-state index contributed by atoms with van der Waals surface area (Å²) >= 11 is 0. The minimum Gasteiger partial charge on any atom is -0.304 e. The van der Waals surface area contributed by atoms with E-state index in [9.17, 15) is 0 Å². The quantitative estimate of drug-likeness (QED) is 0.362. The van der Waals surface area contributed by atoms with Crippen LogP contribution in [0.1, 0.15) is 34.3 Å². The highest BCUT2D eigenvalue weighted by Gasteiger charge is 2.24. The zero-order valence-corrected chi connectivity index (χ0v) is 17.1. The maximum absolute atomic E-state index is 3.82. The molecule has 2 atom stereocenters. The van der Waals surface area contributed by atoms with Gasteiger partial charge < -0.3 is 10.6 Å². The Hall–Kier alpha value is -3.20. The Balaban J connectivity index is 1.63. The first-order valence-corrected chi connectivity index (χ1v) is 10.5. The van der Waals surface area contributed by atoms with Gasteiger partial charge >= 0.3 is 0 Å². The molecule has 0 aromatic heterocycles. The summed E-state index contributed by atoms with van der Waals surface area (Å²) < 4.78 is 0. The Morgan fingerprint density at radius 2 is 0.700 bits per heavy atom. The van der Waals surface area contributed by atoms with Gasteiger partial charge in [-0.3, -0.25) is 0 Å². The van der Waals surface area contributed by atoms with Gasteiger partial charge in [-0.15, -0.1) is 0 Å². The SMILES string of the molecule is c1ccc(CN[C@H](c2ccccc2)[C@H](NCc2ccccc2)c2ccccc2)cc1. The van der Waals surface area contributed by atoms with Crippen molar-refractivity contribution in [3.8, 4) is 0 Å². The number of nitrogens with one attached hydrogen (secondary N) is 2. The Morgan fingerprint density at radius 3 is 1.03 bits per heavy atom. The maximum atomic E-state index is 3.82. The van der Waals surface area contributed by atoms with Gasteiger partial charge in [0.15, 0.2) is 0 Å². The van der Waals surface area contributed by atoms with Crippen LogP contribution in [-0.2, 0) is 13.1 Å². The summed E-state index contributed by atoms with van der Waals surface area (Å²) in [6.07, 6.45) is 0. The van der Waals surface area contributed by atoms with Crippen molar-refractivity contribution in [2.24, 2.45) is 0 Å². The highest BCUT2D eigenvalue weighted by molar-refractivity contribution is 5.28. The van der Waals surface area contributed by atoms with Crippen LogP contribution < -0.4 is 10.6 Å². The van der Waals surface area contributed by atoms with Crippen molar-refractivity contribution < 1.29 is 0 Å². The third kappa shape index (κ3) is 5.44. The van der Waals surface area contributed by atoms with Gasteiger partial charge in [-0.2, -0.15) is 0 Å². The molecule has 30 heavy (non-hydrogen) atoms. The Kier molecular flexibility index (Phi) is 7.06. The summed E-state index contributed by atoms with van der Waals surface area (Å²) in [5, 5.41) is 7.65. The van der Waals surface area contributed by atoms with Crippen LogP contribution in [0.15, 0.2) is 121 Å². The van der Waals surface area contributed by atoms with Crippen LogP contribution in [-0.4, -0.2) is 0 Å². The highest BCUT2D eigenvalue weighted by Crippen LogP contribution is 2.30. The Morgan fingerprint density at radius 1 is 0.400 bits per heavy atom. The molecule has 0 bridgehead atoms. The standard InChI is InChI=1S/C28H28N2/c1-5-13-23(14-6-1)21-29-27(25-17-9-3-10-18-25)28(26-19-11-4-12-20-26)30-22-24-15-7-2-8-16-24/h1-20,27-30H,21-22H2/t27-,28-/m1/s1. The fourth-order valence-electron chi connectivity index (χ4n) is 3.82. The van der Waals surface area contributed by atoms with Crippen molar-refractivity contribution in [2.45, 2.75) is 25.2 Å². The van der Waals surface area contributed by atoms with Gasteiger partial charge in [0.05, 0.1) is 12.1 Å². The molecule has 0 aliphatic rings. The zero-order valence-electron chi connectivity index (χ0n) is 17.1. The second-order valence-electron chi connectivity index (χ2n) is 7.51. The minimum absolute atomic E-state index is 0.137. The van der Waals surface area contributed by atoms with E-state index < -0.39 is 0 Å². The van der Waals surface area contributed by atoms with Gasteiger partial charge in [-0.25, -0.2) is 0 Å². The molecular formula is C28H28N2. The van der Waals surface area contributed by atoms with Gasteiger partial charge in [0, 0.05) is 13.1 Å². The maximum Gasteiger partial charge on any atom is 0.0521 e. The Bertz CT molecular complexity index is 901. The molecule has 4 aromatic carbocycles. The normalized spacial score (nSPS) is 12.9. The first kappa shape index (κ1) is 20.1. The van der Waals surface area contributed by atoms with Gasteiger partial charge in [0.1, 0.15) is 0 Å². The van der Waals surface area contributed by atoms with Crippen molar-refractivity contribution >= 4 is 0 Å². The van der Waals surface area contributed by atoms with E-state index in [0.29, 0.717) is 0 Å². The third-order valence-corrected chi connectivity index (χ3v) is 5.39. The first-order valence-electron chi connectivity index (χ1n) is 10.5. The average molecular weight is 393 g/mol. The molecule has 150 valence electrons. The molecule has 0 unspecified atom stereocenters. The molecule has 0 heterocycles. The number of rotatable bonds is 9. The molecule has 0 aliphatic heterocycles. The third-order valence-electron chi connectivity index (χ3n) is 5.39. The topological polar surface area (TPSA) is 24.1 Å². The molecule has 0 radical (unpaired) electrons.